The Morgan fingerprint density at radius 2 is 1.72 bits per heavy atom. The van der Waals surface area contributed by atoms with Crippen LogP contribution in [0.4, 0.5) is 11.4 Å². The van der Waals surface area contributed by atoms with E-state index in [1.807, 2.05) is 13.8 Å². The molecule has 1 atom stereocenters. The third-order valence-corrected chi connectivity index (χ3v) is 5.21. The number of rotatable bonds is 6. The predicted molar refractivity (Wildman–Crippen MR) is 99.9 cm³/mol. The van der Waals surface area contributed by atoms with Crippen LogP contribution in [0.5, 0.6) is 0 Å². The lowest BCUT2D eigenvalue weighted by Gasteiger charge is -2.17. The molecule has 4 N–H and O–H groups in total. The van der Waals surface area contributed by atoms with Crippen molar-refractivity contribution in [3.63, 3.8) is 0 Å². The van der Waals surface area contributed by atoms with E-state index in [1.54, 1.807) is 43.3 Å². The second-order valence-electron chi connectivity index (χ2n) is 6.21. The molecular weight excluding hydrogens is 338 g/mol. The quantitative estimate of drug-likeness (QED) is 0.736. The fourth-order valence-corrected chi connectivity index (χ4v) is 3.28. The molecule has 1 amide bonds. The van der Waals surface area contributed by atoms with E-state index < -0.39 is 16.1 Å². The lowest BCUT2D eigenvalue weighted by atomic mass is 10.0. The standard InChI is InChI=1S/C18H23N3O3S/c1-12(2)17(19)18(22)20-14-10-9-13(3)16(11-14)21-25(23,24)15-7-5-4-6-8-15/h4-12,17,21H,19H2,1-3H3,(H,20,22). The van der Waals surface area contributed by atoms with Gasteiger partial charge in [0.25, 0.3) is 10.0 Å². The molecule has 7 heteroatoms. The Kier molecular flexibility index (Phi) is 5.81. The van der Waals surface area contributed by atoms with Gasteiger partial charge in [-0.3, -0.25) is 9.52 Å². The average molecular weight is 361 g/mol. The van der Waals surface area contributed by atoms with Crippen molar-refractivity contribution in [2.45, 2.75) is 31.7 Å². The van der Waals surface area contributed by atoms with Crippen molar-refractivity contribution in [2.75, 3.05) is 10.0 Å². The van der Waals surface area contributed by atoms with E-state index in [0.717, 1.165) is 5.56 Å². The second-order valence-corrected chi connectivity index (χ2v) is 7.89. The van der Waals surface area contributed by atoms with Crippen molar-refractivity contribution in [2.24, 2.45) is 11.7 Å². The highest BCUT2D eigenvalue weighted by molar-refractivity contribution is 7.92. The number of hydrogen-bond donors (Lipinski definition) is 3. The van der Waals surface area contributed by atoms with E-state index in [1.165, 1.54) is 12.1 Å². The lowest BCUT2D eigenvalue weighted by Crippen LogP contribution is -2.39. The van der Waals surface area contributed by atoms with Crippen LogP contribution in [0.15, 0.2) is 53.4 Å². The summed E-state index contributed by atoms with van der Waals surface area (Å²) < 4.78 is 27.5. The van der Waals surface area contributed by atoms with E-state index in [4.69, 9.17) is 5.73 Å². The molecule has 0 saturated heterocycles. The van der Waals surface area contributed by atoms with Gasteiger partial charge in [-0.1, -0.05) is 38.1 Å². The second kappa shape index (κ2) is 7.67. The van der Waals surface area contributed by atoms with Gasteiger partial charge < -0.3 is 11.1 Å². The van der Waals surface area contributed by atoms with Gasteiger partial charge in [0, 0.05) is 5.69 Å². The summed E-state index contributed by atoms with van der Waals surface area (Å²) in [5.41, 5.74) is 7.46. The van der Waals surface area contributed by atoms with Gasteiger partial charge >= 0.3 is 0 Å². The van der Waals surface area contributed by atoms with Crippen LogP contribution >= 0.6 is 0 Å². The highest BCUT2D eigenvalue weighted by Gasteiger charge is 2.18. The van der Waals surface area contributed by atoms with Crippen LogP contribution in [0.3, 0.4) is 0 Å². The third-order valence-electron chi connectivity index (χ3n) is 3.82. The summed E-state index contributed by atoms with van der Waals surface area (Å²) in [5, 5.41) is 2.72. The first-order valence-corrected chi connectivity index (χ1v) is 9.44. The van der Waals surface area contributed by atoms with Crippen LogP contribution in [-0.4, -0.2) is 20.4 Å². The number of sulfonamides is 1. The van der Waals surface area contributed by atoms with E-state index in [2.05, 4.69) is 10.0 Å². The molecule has 0 fully saturated rings. The van der Waals surface area contributed by atoms with E-state index in [9.17, 15) is 13.2 Å². The fourth-order valence-electron chi connectivity index (χ4n) is 2.14. The zero-order valence-corrected chi connectivity index (χ0v) is 15.3. The van der Waals surface area contributed by atoms with E-state index in [0.29, 0.717) is 11.4 Å². The van der Waals surface area contributed by atoms with Crippen molar-refractivity contribution in [3.8, 4) is 0 Å². The Labute approximate surface area is 148 Å². The molecule has 0 radical (unpaired) electrons. The monoisotopic (exact) mass is 361 g/mol. The van der Waals surface area contributed by atoms with Crippen molar-refractivity contribution >= 4 is 27.3 Å². The molecule has 0 saturated carbocycles. The molecule has 1 unspecified atom stereocenters. The number of amides is 1. The normalized spacial score (nSPS) is 12.7. The first kappa shape index (κ1) is 19.0. The number of anilines is 2. The summed E-state index contributed by atoms with van der Waals surface area (Å²) in [4.78, 5) is 12.3. The Hall–Kier alpha value is -2.38. The number of carbonyl (C=O) groups excluding carboxylic acids is 1. The summed E-state index contributed by atoms with van der Waals surface area (Å²) in [6, 6.07) is 12.5. The molecule has 0 heterocycles. The Morgan fingerprint density at radius 3 is 2.32 bits per heavy atom. The first-order valence-electron chi connectivity index (χ1n) is 7.95. The van der Waals surface area contributed by atoms with E-state index in [-0.39, 0.29) is 16.7 Å². The smallest absolute Gasteiger partial charge is 0.261 e. The molecule has 0 aliphatic heterocycles. The minimum absolute atomic E-state index is 0.00139. The molecule has 25 heavy (non-hydrogen) atoms. The maximum Gasteiger partial charge on any atom is 0.261 e. The van der Waals surface area contributed by atoms with Crippen molar-refractivity contribution in [1.29, 1.82) is 0 Å². The molecule has 0 spiro atoms. The van der Waals surface area contributed by atoms with Crippen LogP contribution < -0.4 is 15.8 Å². The van der Waals surface area contributed by atoms with Crippen LogP contribution in [0.25, 0.3) is 0 Å². The van der Waals surface area contributed by atoms with Gasteiger partial charge in [-0.2, -0.15) is 0 Å². The molecule has 2 aromatic rings. The van der Waals surface area contributed by atoms with Gasteiger partial charge in [0.15, 0.2) is 0 Å². The summed E-state index contributed by atoms with van der Waals surface area (Å²) >= 11 is 0. The van der Waals surface area contributed by atoms with Crippen LogP contribution in [-0.2, 0) is 14.8 Å². The Morgan fingerprint density at radius 1 is 1.08 bits per heavy atom. The minimum atomic E-state index is -3.70. The number of nitrogens with one attached hydrogen (secondary N) is 2. The summed E-state index contributed by atoms with van der Waals surface area (Å²) in [6.45, 7) is 5.51. The molecule has 134 valence electrons. The SMILES string of the molecule is Cc1ccc(NC(=O)C(N)C(C)C)cc1NS(=O)(=O)c1ccccc1. The number of benzene rings is 2. The predicted octanol–water partition coefficient (Wildman–Crippen LogP) is 2.72. The lowest BCUT2D eigenvalue weighted by molar-refractivity contribution is -0.118. The molecule has 0 aromatic heterocycles. The number of carbonyl (C=O) groups is 1. The maximum absolute atomic E-state index is 12.5. The topological polar surface area (TPSA) is 101 Å². The molecular formula is C18H23N3O3S. The van der Waals surface area contributed by atoms with Crippen molar-refractivity contribution < 1.29 is 13.2 Å². The van der Waals surface area contributed by atoms with E-state index >= 15 is 0 Å². The minimum Gasteiger partial charge on any atom is -0.325 e. The van der Waals surface area contributed by atoms with Crippen LogP contribution in [0.2, 0.25) is 0 Å². The molecule has 0 aliphatic rings. The first-order chi connectivity index (χ1) is 11.7. The summed E-state index contributed by atoms with van der Waals surface area (Å²) in [7, 11) is -3.70. The number of nitrogens with two attached hydrogens (primary N) is 1. The van der Waals surface area contributed by atoms with Gasteiger partial charge in [-0.25, -0.2) is 8.42 Å². The average Bonchev–Trinajstić information content (AvgIpc) is 2.57. The Balaban J connectivity index is 2.24. The van der Waals surface area contributed by atoms with Gasteiger partial charge in [0.1, 0.15) is 0 Å². The molecule has 0 aliphatic carbocycles. The molecule has 2 rings (SSSR count). The molecule has 0 bridgehead atoms. The summed E-state index contributed by atoms with van der Waals surface area (Å²) in [6.07, 6.45) is 0. The molecule has 2 aromatic carbocycles. The maximum atomic E-state index is 12.5. The van der Waals surface area contributed by atoms with Crippen molar-refractivity contribution in [1.82, 2.24) is 0 Å². The highest BCUT2D eigenvalue weighted by atomic mass is 32.2. The molecule has 6 nitrogen and oxygen atoms in total. The number of aryl methyl sites for hydroxylation is 1. The van der Waals surface area contributed by atoms with Crippen molar-refractivity contribution in [3.05, 3.63) is 54.1 Å². The fraction of sp³-hybridized carbons (Fsp3) is 0.278. The van der Waals surface area contributed by atoms with Crippen LogP contribution in [0, 0.1) is 12.8 Å². The van der Waals surface area contributed by atoms with Gasteiger partial charge in [-0.05, 0) is 42.7 Å². The number of hydrogen-bond acceptors (Lipinski definition) is 4. The largest absolute Gasteiger partial charge is 0.325 e. The third kappa shape index (κ3) is 4.80. The van der Waals surface area contributed by atoms with Crippen LogP contribution in [0.1, 0.15) is 19.4 Å². The zero-order chi connectivity index (χ0) is 18.6. The summed E-state index contributed by atoms with van der Waals surface area (Å²) in [5.74, 6) is -0.308. The Bertz CT molecular complexity index is 849. The highest BCUT2D eigenvalue weighted by Crippen LogP contribution is 2.23. The van der Waals surface area contributed by atoms with Gasteiger partial charge in [0.2, 0.25) is 5.91 Å². The zero-order valence-electron chi connectivity index (χ0n) is 14.5. The van der Waals surface area contributed by atoms with Gasteiger partial charge in [-0.15, -0.1) is 0 Å². The van der Waals surface area contributed by atoms with Gasteiger partial charge in [0.05, 0.1) is 16.6 Å².